The Morgan fingerprint density at radius 1 is 1.33 bits per heavy atom. The molecular formula is C15H20BrF3N4O. The zero-order valence-corrected chi connectivity index (χ0v) is 15.1. The summed E-state index contributed by atoms with van der Waals surface area (Å²) < 4.78 is 39.6. The molecule has 0 spiro atoms. The minimum absolute atomic E-state index is 0.0904. The van der Waals surface area contributed by atoms with Crippen molar-refractivity contribution in [2.45, 2.75) is 63.5 Å². The quantitative estimate of drug-likeness (QED) is 0.836. The van der Waals surface area contributed by atoms with E-state index in [-0.39, 0.29) is 23.0 Å². The van der Waals surface area contributed by atoms with Gasteiger partial charge in [-0.15, -0.1) is 0 Å². The van der Waals surface area contributed by atoms with E-state index in [2.05, 4.69) is 38.3 Å². The molecule has 9 heteroatoms. The van der Waals surface area contributed by atoms with Crippen LogP contribution in [0.1, 0.15) is 37.1 Å². The summed E-state index contributed by atoms with van der Waals surface area (Å²) in [5, 5.41) is 6.50. The van der Waals surface area contributed by atoms with Gasteiger partial charge in [0.2, 0.25) is 5.91 Å². The highest BCUT2D eigenvalue weighted by molar-refractivity contribution is 9.10. The number of nitrogens with zero attached hydrogens (tertiary/aromatic N) is 3. The van der Waals surface area contributed by atoms with Crippen LogP contribution >= 0.6 is 15.9 Å². The normalized spacial score (nSPS) is 27.5. The third-order valence-corrected chi connectivity index (χ3v) is 6.11. The number of hydrogen-bond acceptors (Lipinski definition) is 3. The molecule has 2 fully saturated rings. The molecule has 1 aromatic heterocycles. The molecule has 2 saturated heterocycles. The van der Waals surface area contributed by atoms with Crippen LogP contribution in [0.15, 0.2) is 4.47 Å². The Hall–Kier alpha value is -1.09. The maximum atomic E-state index is 12.9. The number of hydrogen-bond donors (Lipinski definition) is 1. The van der Waals surface area contributed by atoms with Gasteiger partial charge in [0.25, 0.3) is 0 Å². The number of rotatable bonds is 3. The number of fused-ring (bicyclic) bond motifs is 2. The molecule has 2 atom stereocenters. The van der Waals surface area contributed by atoms with E-state index in [4.69, 9.17) is 0 Å². The number of amides is 1. The van der Waals surface area contributed by atoms with Crippen LogP contribution in [0.3, 0.4) is 0 Å². The van der Waals surface area contributed by atoms with Gasteiger partial charge in [-0.2, -0.15) is 18.3 Å². The summed E-state index contributed by atoms with van der Waals surface area (Å²) in [6.07, 6.45) is -0.456. The molecule has 2 unspecified atom stereocenters. The first-order valence-electron chi connectivity index (χ1n) is 7.98. The zero-order valence-electron chi connectivity index (χ0n) is 13.5. The van der Waals surface area contributed by atoms with E-state index in [0.717, 1.165) is 30.4 Å². The van der Waals surface area contributed by atoms with Gasteiger partial charge in [-0.05, 0) is 55.6 Å². The Kier molecular flexibility index (Phi) is 4.67. The van der Waals surface area contributed by atoms with Crippen molar-refractivity contribution >= 4 is 21.8 Å². The summed E-state index contributed by atoms with van der Waals surface area (Å²) in [5.41, 5.74) is -0.703. The first kappa shape index (κ1) is 17.7. The van der Waals surface area contributed by atoms with Crippen LogP contribution in [0.2, 0.25) is 0 Å². The third-order valence-electron chi connectivity index (χ3n) is 5.16. The van der Waals surface area contributed by atoms with Gasteiger partial charge < -0.3 is 10.2 Å². The lowest BCUT2D eigenvalue weighted by atomic mass is 9.98. The average Bonchev–Trinajstić information content (AvgIpc) is 2.86. The van der Waals surface area contributed by atoms with Crippen LogP contribution in [0.25, 0.3) is 0 Å². The van der Waals surface area contributed by atoms with Crippen molar-refractivity contribution in [1.82, 2.24) is 20.0 Å². The van der Waals surface area contributed by atoms with Crippen LogP contribution in [0.4, 0.5) is 13.2 Å². The first-order valence-corrected chi connectivity index (χ1v) is 8.77. The molecule has 1 N–H and O–H groups in total. The predicted octanol–water partition coefficient (Wildman–Crippen LogP) is 2.71. The van der Waals surface area contributed by atoms with Gasteiger partial charge in [-0.3, -0.25) is 9.48 Å². The van der Waals surface area contributed by atoms with Crippen LogP contribution in [0, 0.1) is 6.92 Å². The van der Waals surface area contributed by atoms with Crippen LogP contribution in [-0.4, -0.2) is 45.8 Å². The standard InChI is InChI=1S/C15H20BrF3N4O/c1-8-13(16)14(15(17,18)19)21-23(8)7-12(24)20-9-5-10-3-4-11(6-9)22(10)2/h9-11H,3-7H2,1-2H3,(H,20,24). The van der Waals surface area contributed by atoms with E-state index in [1.807, 2.05) is 0 Å². The third kappa shape index (κ3) is 3.33. The number of piperidine rings is 1. The average molecular weight is 409 g/mol. The second-order valence-electron chi connectivity index (χ2n) is 6.69. The van der Waals surface area contributed by atoms with E-state index in [1.54, 1.807) is 0 Å². The monoisotopic (exact) mass is 408 g/mol. The van der Waals surface area contributed by atoms with Gasteiger partial charge in [0.15, 0.2) is 5.69 Å². The molecule has 0 aliphatic carbocycles. The Morgan fingerprint density at radius 2 is 1.92 bits per heavy atom. The minimum Gasteiger partial charge on any atom is -0.352 e. The molecule has 1 aromatic rings. The first-order chi connectivity index (χ1) is 11.2. The Labute approximate surface area is 146 Å². The second-order valence-corrected chi connectivity index (χ2v) is 7.48. The topological polar surface area (TPSA) is 50.2 Å². The molecule has 3 rings (SSSR count). The summed E-state index contributed by atoms with van der Waals surface area (Å²) in [4.78, 5) is 14.6. The highest BCUT2D eigenvalue weighted by Gasteiger charge is 2.40. The lowest BCUT2D eigenvalue weighted by Crippen LogP contribution is -2.49. The molecular weight excluding hydrogens is 389 g/mol. The van der Waals surface area contributed by atoms with E-state index < -0.39 is 11.9 Å². The Balaban J connectivity index is 1.64. The second kappa shape index (κ2) is 6.33. The van der Waals surface area contributed by atoms with Crippen molar-refractivity contribution < 1.29 is 18.0 Å². The van der Waals surface area contributed by atoms with E-state index in [9.17, 15) is 18.0 Å². The summed E-state index contributed by atoms with van der Waals surface area (Å²) >= 11 is 2.92. The fourth-order valence-corrected chi connectivity index (χ4v) is 4.31. The number of carbonyl (C=O) groups is 1. The lowest BCUT2D eigenvalue weighted by molar-refractivity contribution is -0.142. The van der Waals surface area contributed by atoms with Crippen LogP contribution in [-0.2, 0) is 17.5 Å². The summed E-state index contributed by atoms with van der Waals surface area (Å²) in [7, 11) is 2.11. The number of aromatic nitrogens is 2. The van der Waals surface area contributed by atoms with Crippen LogP contribution in [0.5, 0.6) is 0 Å². The molecule has 1 amide bonds. The van der Waals surface area contributed by atoms with Gasteiger partial charge in [-0.25, -0.2) is 0 Å². The number of alkyl halides is 3. The summed E-state index contributed by atoms with van der Waals surface area (Å²) in [6.45, 7) is 1.30. The summed E-state index contributed by atoms with van der Waals surface area (Å²) in [6, 6.07) is 1.07. The SMILES string of the molecule is Cc1c(Br)c(C(F)(F)F)nn1CC(=O)NC1CC2CCC(C1)N2C. The zero-order chi connectivity index (χ0) is 17.6. The van der Waals surface area contributed by atoms with Crippen molar-refractivity contribution in [3.63, 3.8) is 0 Å². The molecule has 24 heavy (non-hydrogen) atoms. The van der Waals surface area contributed by atoms with Gasteiger partial charge in [0.1, 0.15) is 6.54 Å². The molecule has 134 valence electrons. The molecule has 2 aliphatic rings. The highest BCUT2D eigenvalue weighted by atomic mass is 79.9. The van der Waals surface area contributed by atoms with Gasteiger partial charge in [0.05, 0.1) is 10.2 Å². The predicted molar refractivity (Wildman–Crippen MR) is 85.4 cm³/mol. The maximum absolute atomic E-state index is 12.9. The largest absolute Gasteiger partial charge is 0.436 e. The van der Waals surface area contributed by atoms with E-state index >= 15 is 0 Å². The summed E-state index contributed by atoms with van der Waals surface area (Å²) in [5.74, 6) is -0.296. The smallest absolute Gasteiger partial charge is 0.352 e. The molecule has 3 heterocycles. The Morgan fingerprint density at radius 3 is 2.42 bits per heavy atom. The van der Waals surface area contributed by atoms with Crippen molar-refractivity contribution in [3.8, 4) is 0 Å². The molecule has 0 saturated carbocycles. The molecule has 2 bridgehead atoms. The minimum atomic E-state index is -4.54. The van der Waals surface area contributed by atoms with Gasteiger partial charge >= 0.3 is 6.18 Å². The fraction of sp³-hybridized carbons (Fsp3) is 0.733. The number of nitrogens with one attached hydrogen (secondary N) is 1. The van der Waals surface area contributed by atoms with Crippen molar-refractivity contribution in [2.24, 2.45) is 0 Å². The van der Waals surface area contributed by atoms with E-state index in [0.29, 0.717) is 17.8 Å². The van der Waals surface area contributed by atoms with Crippen molar-refractivity contribution in [3.05, 3.63) is 15.9 Å². The number of halogens is 4. The lowest BCUT2D eigenvalue weighted by Gasteiger charge is -2.36. The van der Waals surface area contributed by atoms with Crippen LogP contribution < -0.4 is 5.32 Å². The van der Waals surface area contributed by atoms with Gasteiger partial charge in [-0.1, -0.05) is 0 Å². The number of carbonyl (C=O) groups excluding carboxylic acids is 1. The molecule has 5 nitrogen and oxygen atoms in total. The maximum Gasteiger partial charge on any atom is 0.436 e. The van der Waals surface area contributed by atoms with E-state index in [1.165, 1.54) is 6.92 Å². The Bertz CT molecular complexity index is 631. The molecule has 0 radical (unpaired) electrons. The van der Waals surface area contributed by atoms with Crippen molar-refractivity contribution in [1.29, 1.82) is 0 Å². The molecule has 2 aliphatic heterocycles. The van der Waals surface area contributed by atoms with Gasteiger partial charge in [0, 0.05) is 18.1 Å². The highest BCUT2D eigenvalue weighted by Crippen LogP contribution is 2.36. The fourth-order valence-electron chi connectivity index (χ4n) is 3.80. The van der Waals surface area contributed by atoms with Crippen molar-refractivity contribution in [2.75, 3.05) is 7.05 Å². The molecule has 0 aromatic carbocycles.